The molecule has 0 atom stereocenters. The average molecular weight is 246 g/mol. The van der Waals surface area contributed by atoms with E-state index < -0.39 is 0 Å². The van der Waals surface area contributed by atoms with E-state index in [9.17, 15) is 0 Å². The van der Waals surface area contributed by atoms with Crippen molar-refractivity contribution in [3.8, 4) is 5.82 Å². The molecule has 2 heterocycles. The predicted octanol–water partition coefficient (Wildman–Crippen LogP) is 0.709. The third-order valence-corrected chi connectivity index (χ3v) is 2.44. The smallest absolute Gasteiger partial charge is 0.206 e. The maximum atomic E-state index is 8.69. The first-order valence-corrected chi connectivity index (χ1v) is 5.58. The van der Waals surface area contributed by atoms with Crippen molar-refractivity contribution in [1.29, 1.82) is 0 Å². The van der Waals surface area contributed by atoms with Crippen LogP contribution >= 0.6 is 0 Å². The minimum absolute atomic E-state index is 0.0596. The van der Waals surface area contributed by atoms with E-state index in [1.54, 1.807) is 17.0 Å². The zero-order chi connectivity index (χ0) is 13.0. The van der Waals surface area contributed by atoms with Crippen molar-refractivity contribution in [2.75, 3.05) is 0 Å². The van der Waals surface area contributed by atoms with Crippen molar-refractivity contribution >= 4 is 5.84 Å². The minimum Gasteiger partial charge on any atom is -0.409 e. The number of hydrogen-bond acceptors (Lipinski definition) is 5. The molecule has 2 aromatic rings. The molecular formula is C11H14N6O. The Labute approximate surface area is 104 Å². The van der Waals surface area contributed by atoms with E-state index in [0.717, 1.165) is 18.5 Å². The molecule has 0 aliphatic rings. The molecule has 0 saturated heterocycles. The van der Waals surface area contributed by atoms with E-state index in [4.69, 9.17) is 10.9 Å². The molecule has 3 N–H and O–H groups in total. The maximum Gasteiger partial charge on any atom is 0.206 e. The Hall–Kier alpha value is -2.44. The summed E-state index contributed by atoms with van der Waals surface area (Å²) in [5.74, 6) is 0.932. The highest BCUT2D eigenvalue weighted by molar-refractivity contribution is 5.94. The van der Waals surface area contributed by atoms with Gasteiger partial charge in [-0.2, -0.15) is 0 Å². The van der Waals surface area contributed by atoms with Crippen molar-refractivity contribution in [3.05, 3.63) is 36.3 Å². The van der Waals surface area contributed by atoms with E-state index in [1.165, 1.54) is 6.33 Å². The predicted molar refractivity (Wildman–Crippen MR) is 65.7 cm³/mol. The molecule has 0 aromatic carbocycles. The summed E-state index contributed by atoms with van der Waals surface area (Å²) in [6.45, 7) is 2.08. The van der Waals surface area contributed by atoms with E-state index >= 15 is 0 Å². The monoisotopic (exact) mass is 246 g/mol. The average Bonchev–Trinajstić information content (AvgIpc) is 2.88. The second-order valence-corrected chi connectivity index (χ2v) is 3.72. The van der Waals surface area contributed by atoms with Crippen LogP contribution < -0.4 is 5.73 Å². The van der Waals surface area contributed by atoms with Gasteiger partial charge in [0.2, 0.25) is 5.84 Å². The SMILES string of the molecule is CCCc1cc(-n2ccnc2C(N)=NO)ncn1. The van der Waals surface area contributed by atoms with Crippen molar-refractivity contribution in [3.63, 3.8) is 0 Å². The van der Waals surface area contributed by atoms with Crippen LogP contribution in [0.1, 0.15) is 24.9 Å². The first-order valence-electron chi connectivity index (χ1n) is 5.58. The van der Waals surface area contributed by atoms with E-state index in [2.05, 4.69) is 27.0 Å². The second-order valence-electron chi connectivity index (χ2n) is 3.72. The van der Waals surface area contributed by atoms with Crippen LogP contribution in [0.4, 0.5) is 0 Å². The van der Waals surface area contributed by atoms with Gasteiger partial charge in [-0.1, -0.05) is 18.5 Å². The maximum absolute atomic E-state index is 8.69. The molecule has 0 amide bonds. The van der Waals surface area contributed by atoms with E-state index in [0.29, 0.717) is 11.6 Å². The molecule has 2 rings (SSSR count). The fraction of sp³-hybridized carbons (Fsp3) is 0.273. The number of aromatic nitrogens is 4. The second kappa shape index (κ2) is 5.26. The lowest BCUT2D eigenvalue weighted by Gasteiger charge is -2.06. The van der Waals surface area contributed by atoms with Gasteiger partial charge in [0.25, 0.3) is 0 Å². The molecule has 0 aliphatic carbocycles. The normalized spacial score (nSPS) is 11.7. The van der Waals surface area contributed by atoms with Crippen molar-refractivity contribution in [2.45, 2.75) is 19.8 Å². The summed E-state index contributed by atoms with van der Waals surface area (Å²) in [6.07, 6.45) is 6.65. The fourth-order valence-electron chi connectivity index (χ4n) is 1.63. The summed E-state index contributed by atoms with van der Waals surface area (Å²) in [7, 11) is 0. The number of hydrogen-bond donors (Lipinski definition) is 2. The number of rotatable bonds is 4. The first-order chi connectivity index (χ1) is 8.76. The number of oxime groups is 1. The highest BCUT2D eigenvalue weighted by atomic mass is 16.4. The highest BCUT2D eigenvalue weighted by Gasteiger charge is 2.10. The van der Waals surface area contributed by atoms with Gasteiger partial charge < -0.3 is 10.9 Å². The van der Waals surface area contributed by atoms with Crippen LogP contribution in [0.25, 0.3) is 5.82 Å². The van der Waals surface area contributed by atoms with Gasteiger partial charge in [-0.15, -0.1) is 0 Å². The number of amidine groups is 1. The molecule has 0 saturated carbocycles. The lowest BCUT2D eigenvalue weighted by molar-refractivity contribution is 0.318. The van der Waals surface area contributed by atoms with Crippen molar-refractivity contribution < 1.29 is 5.21 Å². The summed E-state index contributed by atoms with van der Waals surface area (Å²) in [5.41, 5.74) is 6.49. The van der Waals surface area contributed by atoms with Gasteiger partial charge in [0.05, 0.1) is 0 Å². The summed E-state index contributed by atoms with van der Waals surface area (Å²) in [5, 5.41) is 11.6. The van der Waals surface area contributed by atoms with Gasteiger partial charge in [0.15, 0.2) is 5.82 Å². The molecule has 0 radical (unpaired) electrons. The van der Waals surface area contributed by atoms with Gasteiger partial charge >= 0.3 is 0 Å². The third kappa shape index (κ3) is 2.29. The number of aryl methyl sites for hydroxylation is 1. The summed E-state index contributed by atoms with van der Waals surface area (Å²) >= 11 is 0. The Balaban J connectivity index is 2.43. The molecule has 0 aliphatic heterocycles. The largest absolute Gasteiger partial charge is 0.409 e. The number of imidazole rings is 1. The molecule has 0 fully saturated rings. The van der Waals surface area contributed by atoms with Gasteiger partial charge in [0.1, 0.15) is 12.1 Å². The van der Waals surface area contributed by atoms with E-state index in [1.807, 2.05) is 6.07 Å². The Morgan fingerprint density at radius 3 is 3.00 bits per heavy atom. The quantitative estimate of drug-likeness (QED) is 0.358. The Morgan fingerprint density at radius 1 is 1.44 bits per heavy atom. The highest BCUT2D eigenvalue weighted by Crippen LogP contribution is 2.09. The summed E-state index contributed by atoms with van der Waals surface area (Å²) < 4.78 is 1.65. The Bertz CT molecular complexity index is 562. The topological polar surface area (TPSA) is 102 Å². The molecule has 2 aromatic heterocycles. The molecule has 0 bridgehead atoms. The zero-order valence-electron chi connectivity index (χ0n) is 9.98. The standard InChI is InChI=1S/C11H14N6O/c1-2-3-8-6-9(15-7-14-8)17-5-4-13-11(17)10(12)16-18/h4-7,18H,2-3H2,1H3,(H2,12,16). The van der Waals surface area contributed by atoms with E-state index in [-0.39, 0.29) is 5.84 Å². The Kier molecular flexibility index (Phi) is 3.52. The summed E-state index contributed by atoms with van der Waals surface area (Å²) in [4.78, 5) is 12.4. The van der Waals surface area contributed by atoms with Crippen LogP contribution in [0.5, 0.6) is 0 Å². The van der Waals surface area contributed by atoms with Gasteiger partial charge in [-0.25, -0.2) is 15.0 Å². The first kappa shape index (κ1) is 12.0. The molecule has 0 unspecified atom stereocenters. The number of nitrogens with zero attached hydrogens (tertiary/aromatic N) is 5. The lowest BCUT2D eigenvalue weighted by atomic mass is 10.2. The minimum atomic E-state index is -0.0596. The molecule has 94 valence electrons. The van der Waals surface area contributed by atoms with Crippen LogP contribution in [0.2, 0.25) is 0 Å². The molecule has 0 spiro atoms. The summed E-state index contributed by atoms with van der Waals surface area (Å²) in [6, 6.07) is 1.86. The van der Waals surface area contributed by atoms with Crippen LogP contribution in [-0.4, -0.2) is 30.6 Å². The van der Waals surface area contributed by atoms with Crippen molar-refractivity contribution in [2.24, 2.45) is 10.9 Å². The van der Waals surface area contributed by atoms with Crippen LogP contribution in [0.15, 0.2) is 29.9 Å². The van der Waals surface area contributed by atoms with Crippen LogP contribution in [0, 0.1) is 0 Å². The van der Waals surface area contributed by atoms with Crippen molar-refractivity contribution in [1.82, 2.24) is 19.5 Å². The van der Waals surface area contributed by atoms with Gasteiger partial charge in [-0.3, -0.25) is 4.57 Å². The van der Waals surface area contributed by atoms with Crippen LogP contribution in [0.3, 0.4) is 0 Å². The molecular weight excluding hydrogens is 232 g/mol. The fourth-order valence-corrected chi connectivity index (χ4v) is 1.63. The van der Waals surface area contributed by atoms with Gasteiger partial charge in [-0.05, 0) is 6.42 Å². The number of nitrogens with two attached hydrogens (primary N) is 1. The van der Waals surface area contributed by atoms with Crippen LogP contribution in [-0.2, 0) is 6.42 Å². The molecule has 7 heteroatoms. The zero-order valence-corrected chi connectivity index (χ0v) is 9.98. The Morgan fingerprint density at radius 2 is 2.28 bits per heavy atom. The third-order valence-electron chi connectivity index (χ3n) is 2.44. The lowest BCUT2D eigenvalue weighted by Crippen LogP contribution is -2.19. The molecule has 18 heavy (non-hydrogen) atoms. The molecule has 7 nitrogen and oxygen atoms in total. The van der Waals surface area contributed by atoms with Gasteiger partial charge in [0, 0.05) is 24.2 Å².